The van der Waals surface area contributed by atoms with Crippen LogP contribution in [0.5, 0.6) is 0 Å². The summed E-state index contributed by atoms with van der Waals surface area (Å²) in [5.74, 6) is -0.285. The Labute approximate surface area is 108 Å². The number of benzene rings is 1. The molecule has 0 amide bonds. The van der Waals surface area contributed by atoms with Crippen LogP contribution in [0.2, 0.25) is 0 Å². The quantitative estimate of drug-likeness (QED) is 0.703. The van der Waals surface area contributed by atoms with Gasteiger partial charge in [-0.15, -0.1) is 0 Å². The highest BCUT2D eigenvalue weighted by molar-refractivity contribution is 6.09. The molecule has 0 unspecified atom stereocenters. The van der Waals surface area contributed by atoms with Crippen LogP contribution < -0.4 is 5.43 Å². The molecule has 0 aliphatic carbocycles. The first kappa shape index (κ1) is 11.4. The maximum Gasteiger partial charge on any atom is 0.203 e. The van der Waals surface area contributed by atoms with Crippen LogP contribution in [-0.2, 0) is 7.05 Å². The summed E-state index contributed by atoms with van der Waals surface area (Å²) < 4.78 is 1.54. The molecule has 0 atom stereocenters. The molecule has 0 saturated heterocycles. The highest BCUT2D eigenvalue weighted by atomic mass is 16.1. The molecule has 3 rings (SSSR count). The number of rotatable bonds is 2. The highest BCUT2D eigenvalue weighted by Crippen LogP contribution is 2.09. The third kappa shape index (κ3) is 1.85. The van der Waals surface area contributed by atoms with Gasteiger partial charge in [0.2, 0.25) is 5.43 Å². The first-order chi connectivity index (χ1) is 9.16. The number of nitrogens with zero attached hydrogens (tertiary/aromatic N) is 2. The van der Waals surface area contributed by atoms with E-state index in [0.717, 1.165) is 0 Å². The molecule has 5 heteroatoms. The minimum absolute atomic E-state index is 0.131. The number of carbonyl (C=O) groups is 1. The number of aromatic amines is 1. The number of fused-ring (bicyclic) bond motifs is 1. The first-order valence-corrected chi connectivity index (χ1v) is 5.81. The fourth-order valence-electron chi connectivity index (χ4n) is 2.03. The van der Waals surface area contributed by atoms with E-state index in [-0.39, 0.29) is 16.8 Å². The minimum atomic E-state index is -0.296. The van der Waals surface area contributed by atoms with Crippen molar-refractivity contribution < 1.29 is 4.79 Å². The molecule has 94 valence electrons. The number of aromatic nitrogens is 3. The predicted octanol–water partition coefficient (Wildman–Crippen LogP) is 1.49. The van der Waals surface area contributed by atoms with Gasteiger partial charge in [0.05, 0.1) is 10.9 Å². The van der Waals surface area contributed by atoms with E-state index in [1.54, 1.807) is 42.2 Å². The standard InChI is InChI=1S/C14H11N3O2/c1-17-8-11-13(19)10(7-15-14(11)16-17)12(18)9-5-3-2-4-6-9/h2-8H,1H3,(H,15,16). The number of hydrogen-bond donors (Lipinski definition) is 1. The molecule has 1 N–H and O–H groups in total. The van der Waals surface area contributed by atoms with Crippen molar-refractivity contribution in [1.29, 1.82) is 0 Å². The fourth-order valence-corrected chi connectivity index (χ4v) is 2.03. The van der Waals surface area contributed by atoms with Gasteiger partial charge >= 0.3 is 0 Å². The predicted molar refractivity (Wildman–Crippen MR) is 71.2 cm³/mol. The lowest BCUT2D eigenvalue weighted by Crippen LogP contribution is -2.16. The molecule has 3 aromatic rings. The summed E-state index contributed by atoms with van der Waals surface area (Å²) >= 11 is 0. The van der Waals surface area contributed by atoms with E-state index in [0.29, 0.717) is 16.6 Å². The zero-order valence-corrected chi connectivity index (χ0v) is 10.3. The molecule has 0 saturated carbocycles. The summed E-state index contributed by atoms with van der Waals surface area (Å²) in [6.45, 7) is 0. The zero-order chi connectivity index (χ0) is 13.4. The van der Waals surface area contributed by atoms with Crippen LogP contribution in [0.3, 0.4) is 0 Å². The van der Waals surface area contributed by atoms with Crippen LogP contribution in [0, 0.1) is 0 Å². The molecule has 0 radical (unpaired) electrons. The summed E-state index contributed by atoms with van der Waals surface area (Å²) in [6.07, 6.45) is 3.03. The highest BCUT2D eigenvalue weighted by Gasteiger charge is 2.15. The van der Waals surface area contributed by atoms with Crippen molar-refractivity contribution in [3.8, 4) is 0 Å². The topological polar surface area (TPSA) is 67.8 Å². The molecule has 2 aromatic heterocycles. The van der Waals surface area contributed by atoms with Gasteiger partial charge in [0.25, 0.3) is 0 Å². The van der Waals surface area contributed by atoms with Gasteiger partial charge in [-0.05, 0) is 0 Å². The largest absolute Gasteiger partial charge is 0.344 e. The molecular weight excluding hydrogens is 242 g/mol. The second kappa shape index (κ2) is 4.20. The Kier molecular flexibility index (Phi) is 2.52. The lowest BCUT2D eigenvalue weighted by Gasteiger charge is -2.00. The van der Waals surface area contributed by atoms with Gasteiger partial charge in [0.15, 0.2) is 11.4 Å². The Morgan fingerprint density at radius 2 is 2.00 bits per heavy atom. The Balaban J connectivity index is 2.19. The Morgan fingerprint density at radius 3 is 2.74 bits per heavy atom. The SMILES string of the molecule is Cn1cc2c(=O)c(C(=O)c3ccccc3)c[nH]c2n1. The van der Waals surface area contributed by atoms with Gasteiger partial charge in [0.1, 0.15) is 0 Å². The number of aryl methyl sites for hydroxylation is 1. The average Bonchev–Trinajstić information content (AvgIpc) is 2.81. The van der Waals surface area contributed by atoms with Gasteiger partial charge < -0.3 is 4.98 Å². The third-order valence-electron chi connectivity index (χ3n) is 2.95. The van der Waals surface area contributed by atoms with E-state index in [4.69, 9.17) is 0 Å². The summed E-state index contributed by atoms with van der Waals surface area (Å²) in [5, 5.41) is 4.52. The van der Waals surface area contributed by atoms with Gasteiger partial charge in [-0.3, -0.25) is 14.3 Å². The molecule has 0 spiro atoms. The number of pyridine rings is 1. The summed E-state index contributed by atoms with van der Waals surface area (Å²) in [7, 11) is 1.73. The minimum Gasteiger partial charge on any atom is -0.344 e. The monoisotopic (exact) mass is 253 g/mol. The number of hydrogen-bond acceptors (Lipinski definition) is 3. The summed E-state index contributed by atoms with van der Waals surface area (Å²) in [5.41, 5.74) is 0.816. The molecule has 1 aromatic carbocycles. The lowest BCUT2D eigenvalue weighted by atomic mass is 10.0. The Hall–Kier alpha value is -2.69. The molecule has 19 heavy (non-hydrogen) atoms. The van der Waals surface area contributed by atoms with E-state index in [1.165, 1.54) is 6.20 Å². The molecule has 0 aliphatic heterocycles. The van der Waals surface area contributed by atoms with Crippen molar-refractivity contribution in [2.45, 2.75) is 0 Å². The second-order valence-electron chi connectivity index (χ2n) is 4.29. The van der Waals surface area contributed by atoms with Crippen molar-refractivity contribution in [3.05, 3.63) is 64.1 Å². The fraction of sp³-hybridized carbons (Fsp3) is 0.0714. The van der Waals surface area contributed by atoms with Crippen molar-refractivity contribution in [1.82, 2.24) is 14.8 Å². The van der Waals surface area contributed by atoms with Crippen molar-refractivity contribution in [3.63, 3.8) is 0 Å². The van der Waals surface area contributed by atoms with Gasteiger partial charge in [0, 0.05) is 25.0 Å². The van der Waals surface area contributed by atoms with Crippen LogP contribution >= 0.6 is 0 Å². The Bertz CT molecular complexity index is 816. The van der Waals surface area contributed by atoms with Crippen LogP contribution in [-0.4, -0.2) is 20.5 Å². The molecular formula is C14H11N3O2. The Morgan fingerprint density at radius 1 is 1.26 bits per heavy atom. The summed E-state index contributed by atoms with van der Waals surface area (Å²) in [6, 6.07) is 8.74. The molecule has 0 fully saturated rings. The van der Waals surface area contributed by atoms with Gasteiger partial charge in [-0.25, -0.2) is 0 Å². The molecule has 2 heterocycles. The van der Waals surface area contributed by atoms with E-state index in [9.17, 15) is 9.59 Å². The van der Waals surface area contributed by atoms with Gasteiger partial charge in [-0.2, -0.15) is 5.10 Å². The van der Waals surface area contributed by atoms with Crippen LogP contribution in [0.25, 0.3) is 11.0 Å². The lowest BCUT2D eigenvalue weighted by molar-refractivity contribution is 0.103. The molecule has 0 bridgehead atoms. The van der Waals surface area contributed by atoms with Gasteiger partial charge in [-0.1, -0.05) is 30.3 Å². The number of ketones is 1. The number of carbonyl (C=O) groups excluding carboxylic acids is 1. The second-order valence-corrected chi connectivity index (χ2v) is 4.29. The number of nitrogens with one attached hydrogen (secondary N) is 1. The van der Waals surface area contributed by atoms with E-state index in [2.05, 4.69) is 10.1 Å². The maximum atomic E-state index is 12.3. The van der Waals surface area contributed by atoms with Crippen molar-refractivity contribution in [2.75, 3.05) is 0 Å². The van der Waals surface area contributed by atoms with E-state index < -0.39 is 0 Å². The van der Waals surface area contributed by atoms with Crippen LogP contribution in [0.1, 0.15) is 15.9 Å². The first-order valence-electron chi connectivity index (χ1n) is 5.81. The summed E-state index contributed by atoms with van der Waals surface area (Å²) in [4.78, 5) is 27.4. The molecule has 0 aliphatic rings. The van der Waals surface area contributed by atoms with Crippen LogP contribution in [0.4, 0.5) is 0 Å². The van der Waals surface area contributed by atoms with Crippen molar-refractivity contribution >= 4 is 16.8 Å². The van der Waals surface area contributed by atoms with E-state index in [1.807, 2.05) is 6.07 Å². The molecule has 5 nitrogen and oxygen atoms in total. The smallest absolute Gasteiger partial charge is 0.203 e. The van der Waals surface area contributed by atoms with E-state index >= 15 is 0 Å². The zero-order valence-electron chi connectivity index (χ0n) is 10.3. The van der Waals surface area contributed by atoms with Crippen LogP contribution in [0.15, 0.2) is 47.5 Å². The third-order valence-corrected chi connectivity index (χ3v) is 2.95. The van der Waals surface area contributed by atoms with Crippen molar-refractivity contribution in [2.24, 2.45) is 7.05 Å². The normalized spacial score (nSPS) is 10.8. The number of H-pyrrole nitrogens is 1. The average molecular weight is 253 g/mol. The maximum absolute atomic E-state index is 12.3.